The third-order valence-corrected chi connectivity index (χ3v) is 20.1. The summed E-state index contributed by atoms with van der Waals surface area (Å²) in [4.78, 5) is 13.5. The average molecular weight is 1500 g/mol. The molecule has 3 saturated heterocycles. The quantitative estimate of drug-likeness (QED) is 0.0199. The van der Waals surface area contributed by atoms with Crippen LogP contribution in [-0.4, -0.2) is 193 Å². The van der Waals surface area contributed by atoms with Gasteiger partial charge in [0.25, 0.3) is 0 Å². The van der Waals surface area contributed by atoms with Crippen LogP contribution in [0.1, 0.15) is 290 Å². The number of nitrogens with one attached hydrogen (secondary N) is 1. The highest BCUT2D eigenvalue weighted by atomic mass is 16.8. The Bertz CT molecular complexity index is 2390. The first-order valence-electron chi connectivity index (χ1n) is 41.8. The van der Waals surface area contributed by atoms with E-state index in [-0.39, 0.29) is 18.9 Å². The van der Waals surface area contributed by atoms with Crippen molar-refractivity contribution in [1.82, 2.24) is 5.32 Å². The minimum Gasteiger partial charge on any atom is -0.394 e. The summed E-state index contributed by atoms with van der Waals surface area (Å²) in [6.07, 6.45) is 65.6. The monoisotopic (exact) mass is 1500 g/mol. The molecule has 106 heavy (non-hydrogen) atoms. The van der Waals surface area contributed by atoms with Crippen LogP contribution in [-0.2, 0) is 33.2 Å². The van der Waals surface area contributed by atoms with Crippen LogP contribution >= 0.6 is 0 Å². The van der Waals surface area contributed by atoms with E-state index in [1.54, 1.807) is 0 Å². The predicted octanol–water partition coefficient (Wildman–Crippen LogP) is 14.7. The highest BCUT2D eigenvalue weighted by molar-refractivity contribution is 5.76. The van der Waals surface area contributed by atoms with Crippen molar-refractivity contribution in [1.29, 1.82) is 0 Å². The second-order valence-electron chi connectivity index (χ2n) is 29.2. The number of carbonyl (C=O) groups excluding carboxylic acids is 1. The van der Waals surface area contributed by atoms with Crippen molar-refractivity contribution in [2.24, 2.45) is 0 Å². The summed E-state index contributed by atoms with van der Waals surface area (Å²) in [5, 5.41) is 121. The van der Waals surface area contributed by atoms with Crippen LogP contribution in [0.15, 0.2) is 122 Å². The minimum absolute atomic E-state index is 0.250. The molecule has 3 aliphatic rings. The molecule has 0 aromatic carbocycles. The molecular weight excluding hydrogens is 1350 g/mol. The molecular formula is C87H149NO18. The lowest BCUT2D eigenvalue weighted by molar-refractivity contribution is -0.379. The molecule has 0 aromatic heterocycles. The van der Waals surface area contributed by atoms with E-state index in [4.69, 9.17) is 28.4 Å². The molecule has 19 nitrogen and oxygen atoms in total. The maximum absolute atomic E-state index is 13.5. The third-order valence-electron chi connectivity index (χ3n) is 20.1. The molecule has 610 valence electrons. The van der Waals surface area contributed by atoms with Crippen molar-refractivity contribution >= 4 is 5.91 Å². The minimum atomic E-state index is -1.98. The number of ether oxygens (including phenoxy) is 6. The molecule has 19 heteroatoms. The van der Waals surface area contributed by atoms with Crippen LogP contribution in [0.5, 0.6) is 0 Å². The van der Waals surface area contributed by atoms with Gasteiger partial charge in [0.2, 0.25) is 5.91 Å². The SMILES string of the molecule is CC/C=C\C/C=C\C/C=C\C/C=C\C/C=C\C/C=C\C/C=C\C/C=C\C/C=C\C/C=C\CCCCCCCCCCC(=O)NC(COC1OC(CO)C(OC2OC(CO)C(OC3OC(CO)C(O)C(O)C3O)C(O)C2O)C(O)C1O)C(O)CCCCCCCCCCCCCCCCCCCCCCCC. The van der Waals surface area contributed by atoms with Crippen molar-refractivity contribution in [3.63, 3.8) is 0 Å². The summed E-state index contributed by atoms with van der Waals surface area (Å²) in [7, 11) is 0. The highest BCUT2D eigenvalue weighted by Crippen LogP contribution is 2.33. The number of allylic oxidation sites excluding steroid dienone is 20. The first-order valence-corrected chi connectivity index (χ1v) is 41.8. The van der Waals surface area contributed by atoms with Crippen LogP contribution in [0.4, 0.5) is 0 Å². The Labute approximate surface area is 639 Å². The van der Waals surface area contributed by atoms with Gasteiger partial charge in [-0.1, -0.05) is 315 Å². The summed E-state index contributed by atoms with van der Waals surface area (Å²) in [5.41, 5.74) is 0. The fraction of sp³-hybridized carbons (Fsp3) is 0.759. The van der Waals surface area contributed by atoms with Crippen LogP contribution in [0, 0.1) is 0 Å². The second kappa shape index (κ2) is 65.9. The molecule has 0 spiro atoms. The summed E-state index contributed by atoms with van der Waals surface area (Å²) >= 11 is 0. The van der Waals surface area contributed by atoms with Crippen molar-refractivity contribution in [2.45, 2.75) is 394 Å². The predicted molar refractivity (Wildman–Crippen MR) is 424 cm³/mol. The smallest absolute Gasteiger partial charge is 0.220 e. The van der Waals surface area contributed by atoms with Crippen molar-refractivity contribution < 1.29 is 89.4 Å². The van der Waals surface area contributed by atoms with Crippen LogP contribution < -0.4 is 5.32 Å². The summed E-state index contributed by atoms with van der Waals surface area (Å²) in [6.45, 7) is 1.70. The number of hydrogen-bond donors (Lipinski definition) is 12. The largest absolute Gasteiger partial charge is 0.394 e. The van der Waals surface area contributed by atoms with E-state index in [0.717, 1.165) is 128 Å². The van der Waals surface area contributed by atoms with Crippen LogP contribution in [0.2, 0.25) is 0 Å². The first kappa shape index (κ1) is 96.4. The molecule has 1 amide bonds. The fourth-order valence-electron chi connectivity index (χ4n) is 13.4. The molecule has 0 saturated carbocycles. The highest BCUT2D eigenvalue weighted by Gasteiger charge is 2.54. The molecule has 0 aliphatic carbocycles. The van der Waals surface area contributed by atoms with E-state index >= 15 is 0 Å². The maximum atomic E-state index is 13.5. The van der Waals surface area contributed by atoms with Crippen LogP contribution in [0.3, 0.4) is 0 Å². The molecule has 3 aliphatic heterocycles. The zero-order chi connectivity index (χ0) is 76.7. The van der Waals surface area contributed by atoms with Gasteiger partial charge in [0.15, 0.2) is 18.9 Å². The molecule has 0 aromatic rings. The second-order valence-corrected chi connectivity index (χ2v) is 29.2. The molecule has 3 heterocycles. The van der Waals surface area contributed by atoms with E-state index in [1.165, 1.54) is 128 Å². The van der Waals surface area contributed by atoms with Gasteiger partial charge in [-0.15, -0.1) is 0 Å². The number of carbonyl (C=O) groups is 1. The number of unbranched alkanes of at least 4 members (excludes halogenated alkanes) is 29. The fourth-order valence-corrected chi connectivity index (χ4v) is 13.4. The van der Waals surface area contributed by atoms with E-state index in [1.807, 2.05) is 0 Å². The molecule has 3 fully saturated rings. The normalized spacial score (nSPS) is 26.3. The Morgan fingerprint density at radius 3 is 1.02 bits per heavy atom. The Balaban J connectivity index is 1.35. The van der Waals surface area contributed by atoms with Gasteiger partial charge in [0.1, 0.15) is 73.2 Å². The Morgan fingerprint density at radius 2 is 0.651 bits per heavy atom. The van der Waals surface area contributed by atoms with E-state index in [0.29, 0.717) is 12.8 Å². The number of hydrogen-bond acceptors (Lipinski definition) is 18. The van der Waals surface area contributed by atoms with E-state index < -0.39 is 124 Å². The number of amides is 1. The van der Waals surface area contributed by atoms with Gasteiger partial charge in [0.05, 0.1) is 38.6 Å². The zero-order valence-electron chi connectivity index (χ0n) is 65.4. The summed E-state index contributed by atoms with van der Waals surface area (Å²) in [5.74, 6) is -0.253. The van der Waals surface area contributed by atoms with Crippen molar-refractivity contribution in [2.75, 3.05) is 26.4 Å². The Morgan fingerprint density at radius 1 is 0.349 bits per heavy atom. The molecule has 17 atom stereocenters. The van der Waals surface area contributed by atoms with Crippen molar-refractivity contribution in [3.05, 3.63) is 122 Å². The number of aliphatic hydroxyl groups excluding tert-OH is 11. The van der Waals surface area contributed by atoms with E-state index in [2.05, 4.69) is 141 Å². The molecule has 0 bridgehead atoms. The van der Waals surface area contributed by atoms with Gasteiger partial charge < -0.3 is 89.9 Å². The van der Waals surface area contributed by atoms with Gasteiger partial charge in [-0.3, -0.25) is 4.79 Å². The zero-order valence-corrected chi connectivity index (χ0v) is 65.4. The topological polar surface area (TPSA) is 307 Å². The Kier molecular flexibility index (Phi) is 59.9. The molecule has 0 radical (unpaired) electrons. The molecule has 12 N–H and O–H groups in total. The van der Waals surface area contributed by atoms with Gasteiger partial charge in [-0.25, -0.2) is 0 Å². The summed E-state index contributed by atoms with van der Waals surface area (Å²) < 4.78 is 34.5. The van der Waals surface area contributed by atoms with Gasteiger partial charge >= 0.3 is 0 Å². The number of rotatable bonds is 65. The summed E-state index contributed by atoms with van der Waals surface area (Å²) in [6, 6.07) is -0.902. The lowest BCUT2D eigenvalue weighted by Crippen LogP contribution is -2.66. The standard InChI is InChI=1S/C87H149NO18/c1-3-5-7-9-11-13-15-17-19-21-23-25-27-28-29-30-31-32-33-34-35-36-37-38-39-40-41-42-43-45-47-49-51-53-55-57-59-61-63-65-75(93)88-70(71(92)64-62-60-58-56-54-52-50-48-46-44-26-24-22-20-18-16-14-12-10-8-6-4-2)69-101-85-81(99)78(96)83(73(67-90)103-85)106-87-82(100)79(97)84(74(68-91)104-87)105-86-80(98)77(95)76(94)72(66-89)102-86/h5,7,11,13,17,19,23,25,28-29,31-32,34-35,37-38,40-41,43,45,70-74,76-87,89-92,94-100H,3-4,6,8-10,12,14-16,18,20-22,24,26-27,30,33,36,39,42,44,46-69H2,1-2H3,(H,88,93)/b7-5-,13-11-,19-17-,25-23-,29-28-,32-31-,35-34-,38-37-,41-40-,45-43-. The Hall–Kier alpha value is -3.81. The van der Waals surface area contributed by atoms with Gasteiger partial charge in [0, 0.05) is 6.42 Å². The van der Waals surface area contributed by atoms with Gasteiger partial charge in [-0.05, 0) is 89.9 Å². The first-order chi connectivity index (χ1) is 51.8. The van der Waals surface area contributed by atoms with E-state index in [9.17, 15) is 61.0 Å². The third kappa shape index (κ3) is 44.9. The lowest BCUT2D eigenvalue weighted by Gasteiger charge is -2.48. The average Bonchev–Trinajstić information content (AvgIpc) is 0.780. The van der Waals surface area contributed by atoms with Crippen LogP contribution in [0.25, 0.3) is 0 Å². The molecule has 3 rings (SSSR count). The van der Waals surface area contributed by atoms with Crippen molar-refractivity contribution in [3.8, 4) is 0 Å². The maximum Gasteiger partial charge on any atom is 0.220 e. The molecule has 17 unspecified atom stereocenters. The van der Waals surface area contributed by atoms with Gasteiger partial charge in [-0.2, -0.15) is 0 Å². The lowest BCUT2D eigenvalue weighted by atomic mass is 9.96. The number of aliphatic hydroxyl groups is 11.